The predicted octanol–water partition coefficient (Wildman–Crippen LogP) is 5.63. The van der Waals surface area contributed by atoms with Gasteiger partial charge in [0.15, 0.2) is 0 Å². The molecule has 4 atom stereocenters. The number of benzene rings is 2. The molecule has 0 N–H and O–H groups in total. The van der Waals surface area contributed by atoms with E-state index in [1.165, 1.54) is 5.56 Å². The molecular weight excluding hydrogens is 400 g/mol. The summed E-state index contributed by atoms with van der Waals surface area (Å²) in [4.78, 5) is 18.3. The van der Waals surface area contributed by atoms with E-state index in [1.54, 1.807) is 12.1 Å². The van der Waals surface area contributed by atoms with Crippen molar-refractivity contribution in [1.29, 1.82) is 0 Å². The highest BCUT2D eigenvalue weighted by Gasteiger charge is 2.49. The summed E-state index contributed by atoms with van der Waals surface area (Å²) in [6.45, 7) is 0.337. The molecular formula is C23H25ClN4O2. The number of fused-ring (bicyclic) bond motifs is 2. The number of carbonyl (C=O) groups excluding carboxylic acids is 1. The number of piperidine rings is 1. The zero-order valence-corrected chi connectivity index (χ0v) is 17.7. The van der Waals surface area contributed by atoms with E-state index in [2.05, 4.69) is 22.0 Å². The SMILES string of the molecule is CN1C2CC[C@@H]1C[C@H](c1ccc(Cl)cc1)C2C(=O)OCCc1ccc(N=[N+]=[N-])cc1. The Morgan fingerprint density at radius 1 is 1.20 bits per heavy atom. The Labute approximate surface area is 181 Å². The molecule has 2 bridgehead atoms. The summed E-state index contributed by atoms with van der Waals surface area (Å²) in [5.74, 6) is -0.119. The van der Waals surface area contributed by atoms with Gasteiger partial charge in [-0.3, -0.25) is 9.69 Å². The molecule has 2 fully saturated rings. The Balaban J connectivity index is 1.44. The van der Waals surface area contributed by atoms with Crippen LogP contribution in [0.2, 0.25) is 5.02 Å². The fourth-order valence-corrected chi connectivity index (χ4v) is 5.11. The fraction of sp³-hybridized carbons (Fsp3) is 0.435. The van der Waals surface area contributed by atoms with E-state index in [4.69, 9.17) is 21.9 Å². The molecule has 30 heavy (non-hydrogen) atoms. The quantitative estimate of drug-likeness (QED) is 0.261. The first kappa shape index (κ1) is 20.7. The minimum Gasteiger partial charge on any atom is -0.465 e. The smallest absolute Gasteiger partial charge is 0.311 e. The van der Waals surface area contributed by atoms with Crippen LogP contribution in [0, 0.1) is 5.92 Å². The Bertz CT molecular complexity index is 941. The van der Waals surface area contributed by atoms with Crippen LogP contribution in [-0.4, -0.2) is 36.6 Å². The van der Waals surface area contributed by atoms with Crippen molar-refractivity contribution in [3.8, 4) is 0 Å². The third-order valence-electron chi connectivity index (χ3n) is 6.57. The second-order valence-electron chi connectivity index (χ2n) is 8.16. The van der Waals surface area contributed by atoms with Crippen LogP contribution in [0.5, 0.6) is 0 Å². The van der Waals surface area contributed by atoms with Crippen LogP contribution in [0.15, 0.2) is 53.6 Å². The number of hydrogen-bond donors (Lipinski definition) is 0. The van der Waals surface area contributed by atoms with Crippen molar-refractivity contribution in [2.75, 3.05) is 13.7 Å². The monoisotopic (exact) mass is 424 g/mol. The number of halogens is 1. The van der Waals surface area contributed by atoms with Gasteiger partial charge < -0.3 is 4.74 Å². The minimum absolute atomic E-state index is 0.113. The summed E-state index contributed by atoms with van der Waals surface area (Å²) in [6, 6.07) is 16.0. The van der Waals surface area contributed by atoms with Crippen molar-refractivity contribution >= 4 is 23.3 Å². The Morgan fingerprint density at radius 3 is 2.63 bits per heavy atom. The molecule has 0 radical (unpaired) electrons. The molecule has 0 aliphatic carbocycles. The van der Waals surface area contributed by atoms with E-state index in [9.17, 15) is 4.79 Å². The van der Waals surface area contributed by atoms with Crippen LogP contribution in [0.1, 0.15) is 36.3 Å². The maximum Gasteiger partial charge on any atom is 0.311 e. The molecule has 2 aromatic carbocycles. The molecule has 0 spiro atoms. The van der Waals surface area contributed by atoms with Crippen LogP contribution in [0.4, 0.5) is 5.69 Å². The molecule has 0 saturated carbocycles. The Hall–Kier alpha value is -2.53. The number of carbonyl (C=O) groups is 1. The molecule has 156 valence electrons. The van der Waals surface area contributed by atoms with Crippen LogP contribution in [-0.2, 0) is 16.0 Å². The zero-order valence-electron chi connectivity index (χ0n) is 16.9. The molecule has 0 amide bonds. The highest BCUT2D eigenvalue weighted by molar-refractivity contribution is 6.30. The summed E-state index contributed by atoms with van der Waals surface area (Å²) in [5.41, 5.74) is 11.3. The maximum absolute atomic E-state index is 13.2. The van der Waals surface area contributed by atoms with Crippen LogP contribution in [0.25, 0.3) is 10.4 Å². The summed E-state index contributed by atoms with van der Waals surface area (Å²) in [5, 5.41) is 4.28. The van der Waals surface area contributed by atoms with E-state index < -0.39 is 0 Å². The van der Waals surface area contributed by atoms with Gasteiger partial charge in [0.2, 0.25) is 0 Å². The third kappa shape index (κ3) is 4.31. The van der Waals surface area contributed by atoms with Crippen LogP contribution < -0.4 is 0 Å². The van der Waals surface area contributed by atoms with Crippen molar-refractivity contribution in [3.63, 3.8) is 0 Å². The van der Waals surface area contributed by atoms with Gasteiger partial charge in [0.05, 0.1) is 12.5 Å². The number of nitrogens with zero attached hydrogens (tertiary/aromatic N) is 4. The summed E-state index contributed by atoms with van der Waals surface area (Å²) >= 11 is 6.07. The average molecular weight is 425 g/mol. The van der Waals surface area contributed by atoms with Gasteiger partial charge in [0.25, 0.3) is 0 Å². The van der Waals surface area contributed by atoms with E-state index in [0.717, 1.165) is 24.8 Å². The number of rotatable bonds is 6. The highest BCUT2D eigenvalue weighted by Crippen LogP contribution is 2.46. The number of esters is 1. The summed E-state index contributed by atoms with van der Waals surface area (Å²) in [6.07, 6.45) is 3.76. The summed E-state index contributed by atoms with van der Waals surface area (Å²) in [7, 11) is 2.13. The van der Waals surface area contributed by atoms with Gasteiger partial charge >= 0.3 is 5.97 Å². The van der Waals surface area contributed by atoms with Gasteiger partial charge in [-0.25, -0.2) is 0 Å². The lowest BCUT2D eigenvalue weighted by atomic mass is 9.76. The molecule has 2 unspecified atom stereocenters. The van der Waals surface area contributed by atoms with E-state index in [0.29, 0.717) is 29.8 Å². The fourth-order valence-electron chi connectivity index (χ4n) is 4.99. The van der Waals surface area contributed by atoms with Crippen molar-refractivity contribution < 1.29 is 9.53 Å². The topological polar surface area (TPSA) is 78.3 Å². The van der Waals surface area contributed by atoms with Crippen molar-refractivity contribution in [1.82, 2.24) is 4.90 Å². The average Bonchev–Trinajstić information content (AvgIpc) is 2.98. The second kappa shape index (κ2) is 9.09. The summed E-state index contributed by atoms with van der Waals surface area (Å²) < 4.78 is 5.76. The normalized spacial score (nSPS) is 25.5. The first-order valence-corrected chi connectivity index (χ1v) is 10.7. The zero-order chi connectivity index (χ0) is 21.1. The lowest BCUT2D eigenvalue weighted by Gasteiger charge is -2.42. The highest BCUT2D eigenvalue weighted by atomic mass is 35.5. The lowest BCUT2D eigenvalue weighted by molar-refractivity contribution is -0.153. The molecule has 2 aliphatic heterocycles. The van der Waals surface area contributed by atoms with E-state index in [-0.39, 0.29) is 23.8 Å². The predicted molar refractivity (Wildman–Crippen MR) is 117 cm³/mol. The first-order valence-electron chi connectivity index (χ1n) is 10.3. The van der Waals surface area contributed by atoms with Gasteiger partial charge in [-0.15, -0.1) is 0 Å². The van der Waals surface area contributed by atoms with E-state index >= 15 is 0 Å². The molecule has 4 rings (SSSR count). The van der Waals surface area contributed by atoms with Gasteiger partial charge in [0, 0.05) is 40.0 Å². The van der Waals surface area contributed by atoms with Crippen LogP contribution in [0.3, 0.4) is 0 Å². The molecule has 2 heterocycles. The molecule has 6 nitrogen and oxygen atoms in total. The standard InChI is InChI=1S/C23H25ClN4O2/c1-28-19-10-11-21(28)22(20(14-19)16-4-6-17(24)7-5-16)23(29)30-13-12-15-2-8-18(9-3-15)26-27-25/h2-9,19-22H,10-14H2,1H3/t19-,20-,21?,22?/m1/s1. The van der Waals surface area contributed by atoms with Gasteiger partial charge in [-0.2, -0.15) is 0 Å². The molecule has 2 aliphatic rings. The minimum atomic E-state index is -0.165. The third-order valence-corrected chi connectivity index (χ3v) is 6.82. The number of ether oxygens (including phenoxy) is 1. The van der Waals surface area contributed by atoms with Gasteiger partial charge in [-0.1, -0.05) is 53.1 Å². The van der Waals surface area contributed by atoms with Gasteiger partial charge in [-0.05, 0) is 55.1 Å². The maximum atomic E-state index is 13.2. The number of azide groups is 1. The Kier molecular flexibility index (Phi) is 6.28. The molecule has 7 heteroatoms. The van der Waals surface area contributed by atoms with Crippen molar-refractivity contribution in [2.24, 2.45) is 11.0 Å². The van der Waals surface area contributed by atoms with Crippen molar-refractivity contribution in [3.05, 3.63) is 75.1 Å². The molecule has 2 saturated heterocycles. The second-order valence-corrected chi connectivity index (χ2v) is 8.59. The van der Waals surface area contributed by atoms with Gasteiger partial charge in [0.1, 0.15) is 0 Å². The van der Waals surface area contributed by atoms with Crippen LogP contribution >= 0.6 is 11.6 Å². The van der Waals surface area contributed by atoms with E-state index in [1.807, 2.05) is 36.4 Å². The largest absolute Gasteiger partial charge is 0.465 e. The first-order chi connectivity index (χ1) is 14.6. The molecule has 0 aromatic heterocycles. The Morgan fingerprint density at radius 2 is 1.93 bits per heavy atom. The molecule has 2 aromatic rings. The lowest BCUT2D eigenvalue weighted by Crippen LogP contribution is -2.49. The van der Waals surface area contributed by atoms with Crippen molar-refractivity contribution in [2.45, 2.75) is 43.7 Å². The number of hydrogen-bond acceptors (Lipinski definition) is 4.